The number of nitrogens with zero attached hydrogens (tertiary/aromatic N) is 1. The van der Waals surface area contributed by atoms with Crippen molar-refractivity contribution in [3.05, 3.63) is 59.4 Å². The number of benzene rings is 1. The summed E-state index contributed by atoms with van der Waals surface area (Å²) >= 11 is 0. The van der Waals surface area contributed by atoms with Crippen LogP contribution < -0.4 is 5.32 Å². The van der Waals surface area contributed by atoms with E-state index in [-0.39, 0.29) is 12.3 Å². The van der Waals surface area contributed by atoms with E-state index < -0.39 is 5.97 Å². The van der Waals surface area contributed by atoms with E-state index in [0.29, 0.717) is 17.7 Å². The zero-order valence-electron chi connectivity index (χ0n) is 11.7. The molecular formula is C16H16N2O3. The molecule has 0 aliphatic carbocycles. The molecule has 0 radical (unpaired) electrons. The van der Waals surface area contributed by atoms with E-state index in [1.54, 1.807) is 36.5 Å². The minimum Gasteiger partial charge on any atom is -0.481 e. The molecule has 0 bridgehead atoms. The molecule has 2 aromatic rings. The number of hydrogen-bond donors (Lipinski definition) is 2. The Hall–Kier alpha value is -2.69. The summed E-state index contributed by atoms with van der Waals surface area (Å²) in [5.74, 6) is -1.05. The van der Waals surface area contributed by atoms with E-state index in [0.717, 1.165) is 11.3 Å². The molecule has 0 atom stereocenters. The van der Waals surface area contributed by atoms with Crippen LogP contribution in [0.2, 0.25) is 0 Å². The van der Waals surface area contributed by atoms with E-state index >= 15 is 0 Å². The van der Waals surface area contributed by atoms with Gasteiger partial charge in [0.25, 0.3) is 5.91 Å². The second kappa shape index (κ2) is 6.65. The highest BCUT2D eigenvalue weighted by Gasteiger charge is 2.07. The van der Waals surface area contributed by atoms with E-state index in [2.05, 4.69) is 10.3 Å². The van der Waals surface area contributed by atoms with Crippen molar-refractivity contribution in [1.82, 2.24) is 4.98 Å². The smallest absolute Gasteiger partial charge is 0.303 e. The molecule has 2 N–H and O–H groups in total. The van der Waals surface area contributed by atoms with Crippen LogP contribution >= 0.6 is 0 Å². The number of rotatable bonds is 5. The summed E-state index contributed by atoms with van der Waals surface area (Å²) in [4.78, 5) is 26.7. The first-order chi connectivity index (χ1) is 10.0. The zero-order chi connectivity index (χ0) is 15.2. The summed E-state index contributed by atoms with van der Waals surface area (Å²) in [7, 11) is 0. The van der Waals surface area contributed by atoms with Crippen molar-refractivity contribution in [1.29, 1.82) is 0 Å². The molecule has 0 unspecified atom stereocenters. The van der Waals surface area contributed by atoms with Crippen LogP contribution in [0.4, 0.5) is 5.69 Å². The Balaban J connectivity index is 2.07. The van der Waals surface area contributed by atoms with Gasteiger partial charge in [0.1, 0.15) is 0 Å². The van der Waals surface area contributed by atoms with Gasteiger partial charge in [-0.25, -0.2) is 0 Å². The minimum atomic E-state index is -0.836. The standard InChI is InChI=1S/C16H16N2O3/c1-11-9-13(7-8-17-11)16(21)18-14-4-2-3-12(10-14)5-6-15(19)20/h2-4,7-10H,5-6H2,1H3,(H,18,21)(H,19,20). The molecule has 1 aromatic heterocycles. The highest BCUT2D eigenvalue weighted by molar-refractivity contribution is 6.04. The summed E-state index contributed by atoms with van der Waals surface area (Å²) in [5.41, 5.74) is 2.84. The van der Waals surface area contributed by atoms with Gasteiger partial charge in [-0.2, -0.15) is 0 Å². The molecule has 1 heterocycles. The van der Waals surface area contributed by atoms with Crippen molar-refractivity contribution in [3.63, 3.8) is 0 Å². The number of anilines is 1. The lowest BCUT2D eigenvalue weighted by atomic mass is 10.1. The predicted octanol–water partition coefficient (Wildman–Crippen LogP) is 2.66. The fourth-order valence-electron chi connectivity index (χ4n) is 1.95. The van der Waals surface area contributed by atoms with Gasteiger partial charge in [-0.3, -0.25) is 14.6 Å². The Morgan fingerprint density at radius 1 is 1.24 bits per heavy atom. The zero-order valence-corrected chi connectivity index (χ0v) is 11.7. The summed E-state index contributed by atoms with van der Waals surface area (Å²) in [6.07, 6.45) is 2.10. The van der Waals surface area contributed by atoms with E-state index in [4.69, 9.17) is 5.11 Å². The number of aromatic nitrogens is 1. The predicted molar refractivity (Wildman–Crippen MR) is 79.3 cm³/mol. The van der Waals surface area contributed by atoms with Crippen molar-refractivity contribution >= 4 is 17.6 Å². The van der Waals surface area contributed by atoms with Crippen LogP contribution in [0.3, 0.4) is 0 Å². The van der Waals surface area contributed by atoms with Crippen LogP contribution in [0, 0.1) is 6.92 Å². The molecule has 0 fully saturated rings. The third kappa shape index (κ3) is 4.42. The van der Waals surface area contributed by atoms with E-state index in [9.17, 15) is 9.59 Å². The number of hydrogen-bond acceptors (Lipinski definition) is 3. The molecule has 0 spiro atoms. The number of aryl methyl sites for hydroxylation is 2. The molecule has 0 aliphatic heterocycles. The highest BCUT2D eigenvalue weighted by atomic mass is 16.4. The fourth-order valence-corrected chi connectivity index (χ4v) is 1.95. The normalized spacial score (nSPS) is 10.1. The van der Waals surface area contributed by atoms with Crippen LogP contribution in [-0.2, 0) is 11.2 Å². The molecule has 0 saturated carbocycles. The molecule has 5 nitrogen and oxygen atoms in total. The molecule has 0 saturated heterocycles. The van der Waals surface area contributed by atoms with Gasteiger partial charge in [-0.15, -0.1) is 0 Å². The van der Waals surface area contributed by atoms with Crippen molar-refractivity contribution in [2.75, 3.05) is 5.32 Å². The summed E-state index contributed by atoms with van der Waals surface area (Å²) in [5, 5.41) is 11.5. The van der Waals surface area contributed by atoms with E-state index in [1.165, 1.54) is 0 Å². The topological polar surface area (TPSA) is 79.3 Å². The van der Waals surface area contributed by atoms with Crippen molar-refractivity contribution < 1.29 is 14.7 Å². The summed E-state index contributed by atoms with van der Waals surface area (Å²) < 4.78 is 0. The van der Waals surface area contributed by atoms with Gasteiger partial charge in [0.15, 0.2) is 0 Å². The molecule has 1 aromatic carbocycles. The molecule has 21 heavy (non-hydrogen) atoms. The molecule has 5 heteroatoms. The second-order valence-corrected chi connectivity index (χ2v) is 4.73. The van der Waals surface area contributed by atoms with Gasteiger partial charge in [0, 0.05) is 29.6 Å². The van der Waals surface area contributed by atoms with Crippen molar-refractivity contribution in [2.24, 2.45) is 0 Å². The van der Waals surface area contributed by atoms with Gasteiger partial charge < -0.3 is 10.4 Å². The molecule has 1 amide bonds. The van der Waals surface area contributed by atoms with Gasteiger partial charge in [0.2, 0.25) is 0 Å². The Morgan fingerprint density at radius 3 is 2.76 bits per heavy atom. The first-order valence-corrected chi connectivity index (χ1v) is 6.59. The van der Waals surface area contributed by atoms with Gasteiger partial charge in [0.05, 0.1) is 0 Å². The number of carbonyl (C=O) groups is 2. The third-order valence-corrected chi connectivity index (χ3v) is 2.97. The minimum absolute atomic E-state index is 0.0704. The number of pyridine rings is 1. The molecule has 2 rings (SSSR count). The van der Waals surface area contributed by atoms with Crippen molar-refractivity contribution in [3.8, 4) is 0 Å². The third-order valence-electron chi connectivity index (χ3n) is 2.97. The number of aliphatic carboxylic acids is 1. The molecule has 0 aliphatic rings. The first-order valence-electron chi connectivity index (χ1n) is 6.59. The lowest BCUT2D eigenvalue weighted by Gasteiger charge is -2.07. The lowest BCUT2D eigenvalue weighted by molar-refractivity contribution is -0.136. The van der Waals surface area contributed by atoms with Crippen LogP contribution in [0.15, 0.2) is 42.6 Å². The Kier molecular flexibility index (Phi) is 4.66. The largest absolute Gasteiger partial charge is 0.481 e. The highest BCUT2D eigenvalue weighted by Crippen LogP contribution is 2.14. The number of amides is 1. The number of carboxylic acid groups (broad SMARTS) is 1. The second-order valence-electron chi connectivity index (χ2n) is 4.73. The van der Waals surface area contributed by atoms with Crippen LogP contribution in [-0.4, -0.2) is 22.0 Å². The monoisotopic (exact) mass is 284 g/mol. The van der Waals surface area contributed by atoms with Crippen LogP contribution in [0.25, 0.3) is 0 Å². The Bertz CT molecular complexity index is 668. The van der Waals surface area contributed by atoms with Gasteiger partial charge >= 0.3 is 5.97 Å². The average Bonchev–Trinajstić information content (AvgIpc) is 2.45. The number of nitrogens with one attached hydrogen (secondary N) is 1. The van der Waals surface area contributed by atoms with Crippen LogP contribution in [0.1, 0.15) is 28.0 Å². The maximum atomic E-state index is 12.1. The van der Waals surface area contributed by atoms with E-state index in [1.807, 2.05) is 13.0 Å². The summed E-state index contributed by atoms with van der Waals surface area (Å²) in [6, 6.07) is 10.6. The number of carbonyl (C=O) groups excluding carboxylic acids is 1. The Labute approximate surface area is 122 Å². The first kappa shape index (κ1) is 14.7. The van der Waals surface area contributed by atoms with Crippen LogP contribution in [0.5, 0.6) is 0 Å². The SMILES string of the molecule is Cc1cc(C(=O)Nc2cccc(CCC(=O)O)c2)ccn1. The van der Waals surface area contributed by atoms with Gasteiger partial charge in [-0.1, -0.05) is 12.1 Å². The number of carboxylic acids is 1. The lowest BCUT2D eigenvalue weighted by Crippen LogP contribution is -2.12. The fraction of sp³-hybridized carbons (Fsp3) is 0.188. The molecule has 108 valence electrons. The summed E-state index contributed by atoms with van der Waals surface area (Å²) in [6.45, 7) is 1.82. The average molecular weight is 284 g/mol. The Morgan fingerprint density at radius 2 is 2.05 bits per heavy atom. The molecular weight excluding hydrogens is 268 g/mol. The van der Waals surface area contributed by atoms with Crippen molar-refractivity contribution in [2.45, 2.75) is 19.8 Å². The quantitative estimate of drug-likeness (QED) is 0.884. The van der Waals surface area contributed by atoms with Gasteiger partial charge in [-0.05, 0) is 43.2 Å². The maximum absolute atomic E-state index is 12.1. The maximum Gasteiger partial charge on any atom is 0.303 e.